The van der Waals surface area contributed by atoms with Gasteiger partial charge in [0.15, 0.2) is 0 Å². The average Bonchev–Trinajstić information content (AvgIpc) is 3.88. The molecule has 5 aromatic rings. The molecule has 2 fully saturated rings. The van der Waals surface area contributed by atoms with Gasteiger partial charge < -0.3 is 19.1 Å². The van der Waals surface area contributed by atoms with Crippen LogP contribution >= 0.6 is 0 Å². The van der Waals surface area contributed by atoms with Gasteiger partial charge in [-0.2, -0.15) is 0 Å². The zero-order valence-corrected chi connectivity index (χ0v) is 28.0. The van der Waals surface area contributed by atoms with Crippen LogP contribution in [0.25, 0.3) is 22.5 Å². The molecule has 0 N–H and O–H groups in total. The van der Waals surface area contributed by atoms with E-state index >= 15 is 0 Å². The number of hydrogen-bond donors (Lipinski definition) is 0. The number of benzene rings is 1. The van der Waals surface area contributed by atoms with Gasteiger partial charge in [-0.25, -0.2) is 24.1 Å². The molecule has 7 rings (SSSR count). The Kier molecular flexibility index (Phi) is 13.2. The lowest BCUT2D eigenvalue weighted by Gasteiger charge is -2.30. The zero-order chi connectivity index (χ0) is 34.3. The smallest absolute Gasteiger partial charge is 0.410 e. The Morgan fingerprint density at radius 1 is 0.776 bits per heavy atom. The Balaban J connectivity index is 0.000000157. The van der Waals surface area contributed by atoms with Crippen LogP contribution in [0.1, 0.15) is 39.0 Å². The number of ether oxygens (including phenoxy) is 3. The lowest BCUT2D eigenvalue weighted by atomic mass is 9.98. The quantitative estimate of drug-likeness (QED) is 0.198. The van der Waals surface area contributed by atoms with E-state index in [0.29, 0.717) is 24.7 Å². The fourth-order valence-corrected chi connectivity index (χ4v) is 5.38. The number of rotatable bonds is 5. The van der Waals surface area contributed by atoms with E-state index in [1.807, 2.05) is 37.4 Å². The molecule has 1 aromatic carbocycles. The van der Waals surface area contributed by atoms with Crippen LogP contribution in [0.15, 0.2) is 104 Å². The van der Waals surface area contributed by atoms with E-state index in [1.165, 1.54) is 34.7 Å². The Labute approximate surface area is 286 Å². The van der Waals surface area contributed by atoms with E-state index < -0.39 is 6.09 Å². The number of carbonyl (C=O) groups excluding carboxylic acids is 2. The molecule has 2 aliphatic heterocycles. The predicted molar refractivity (Wildman–Crippen MR) is 185 cm³/mol. The molecular formula is C37H43N7O5. The average molecular weight is 666 g/mol. The first-order valence-electron chi connectivity index (χ1n) is 16.6. The van der Waals surface area contributed by atoms with Crippen LogP contribution in [0.5, 0.6) is 5.75 Å². The van der Waals surface area contributed by atoms with Gasteiger partial charge in [0, 0.05) is 87.8 Å². The van der Waals surface area contributed by atoms with E-state index in [9.17, 15) is 9.59 Å². The lowest BCUT2D eigenvalue weighted by molar-refractivity contribution is 0.0528. The highest BCUT2D eigenvalue weighted by Crippen LogP contribution is 2.19. The molecule has 2 saturated heterocycles. The number of aromatic nitrogens is 6. The highest BCUT2D eigenvalue weighted by molar-refractivity contribution is 5.78. The number of hydrogen-bond acceptors (Lipinski definition) is 9. The van der Waals surface area contributed by atoms with Gasteiger partial charge in [0.1, 0.15) is 18.4 Å². The van der Waals surface area contributed by atoms with Crippen molar-refractivity contribution < 1.29 is 23.8 Å². The molecule has 0 saturated carbocycles. The Bertz CT molecular complexity index is 1700. The van der Waals surface area contributed by atoms with Gasteiger partial charge in [0.2, 0.25) is 0 Å². The summed E-state index contributed by atoms with van der Waals surface area (Å²) in [7, 11) is 1.84. The number of pyridine rings is 2. The van der Waals surface area contributed by atoms with Gasteiger partial charge in [-0.15, -0.1) is 0 Å². The zero-order valence-electron chi connectivity index (χ0n) is 28.0. The molecule has 49 heavy (non-hydrogen) atoms. The number of para-hydroxylation sites is 1. The van der Waals surface area contributed by atoms with Crippen molar-refractivity contribution in [2.45, 2.75) is 45.1 Å². The fourth-order valence-electron chi connectivity index (χ4n) is 5.38. The molecular weight excluding hydrogens is 622 g/mol. The molecule has 1 amide bonds. The van der Waals surface area contributed by atoms with Gasteiger partial charge >= 0.3 is 12.1 Å². The summed E-state index contributed by atoms with van der Waals surface area (Å²) in [6.45, 7) is 5.69. The van der Waals surface area contributed by atoms with Gasteiger partial charge in [0.05, 0.1) is 11.4 Å². The molecule has 0 unspecified atom stereocenters. The third-order valence-electron chi connectivity index (χ3n) is 8.42. The molecule has 0 atom stereocenters. The summed E-state index contributed by atoms with van der Waals surface area (Å²) in [5.74, 6) is 1.46. The molecule has 0 aliphatic carbocycles. The van der Waals surface area contributed by atoms with Crippen LogP contribution in [-0.4, -0.2) is 85.6 Å². The van der Waals surface area contributed by atoms with Crippen molar-refractivity contribution in [1.29, 1.82) is 0 Å². The van der Waals surface area contributed by atoms with Gasteiger partial charge in [0.25, 0.3) is 0 Å². The van der Waals surface area contributed by atoms with Crippen LogP contribution in [0.4, 0.5) is 9.59 Å². The largest absolute Gasteiger partial charge is 0.424 e. The summed E-state index contributed by atoms with van der Waals surface area (Å²) in [5, 5.41) is 0. The Morgan fingerprint density at radius 2 is 1.33 bits per heavy atom. The summed E-state index contributed by atoms with van der Waals surface area (Å²) in [4.78, 5) is 42.7. The minimum absolute atomic E-state index is 0.0652. The second-order valence-electron chi connectivity index (χ2n) is 11.7. The summed E-state index contributed by atoms with van der Waals surface area (Å²) < 4.78 is 18.6. The second-order valence-corrected chi connectivity index (χ2v) is 11.7. The van der Waals surface area contributed by atoms with E-state index in [2.05, 4.69) is 26.9 Å². The van der Waals surface area contributed by atoms with Crippen molar-refractivity contribution in [1.82, 2.24) is 34.0 Å². The first-order chi connectivity index (χ1) is 24.0. The monoisotopic (exact) mass is 665 g/mol. The second kappa shape index (κ2) is 18.4. The maximum Gasteiger partial charge on any atom is 0.424 e. The molecule has 2 aliphatic rings. The molecule has 6 heterocycles. The Hall–Kier alpha value is -5.20. The van der Waals surface area contributed by atoms with Crippen LogP contribution in [-0.2, 0) is 9.47 Å². The normalized spacial score (nSPS) is 14.8. The molecule has 12 heteroatoms. The summed E-state index contributed by atoms with van der Waals surface area (Å²) in [5.41, 5.74) is 3.16. The van der Waals surface area contributed by atoms with Crippen molar-refractivity contribution in [2.24, 2.45) is 5.92 Å². The highest BCUT2D eigenvalue weighted by Gasteiger charge is 2.23. The number of nitrogens with zero attached hydrogens (tertiary/aromatic N) is 7. The SMILES string of the molecule is CCC1CCOCC1.CN(C(=O)n1cnc(-c2cccnc2)c1)C1CCOCC1.O=C(Oc1ccccc1)n1cnc(-c2cccnc2)c1. The standard InChI is InChI=1S/C15H18N4O2.C15H11N3O2.C7H14O/c1-18(13-4-7-21-8-5-13)15(20)19-10-14(17-11-19)12-3-2-6-16-9-12;19-15(20-13-6-2-1-3-7-13)18-10-14(17-11-18)12-5-4-8-16-9-12;1-2-7-3-5-8-6-4-7/h2-3,6,9-11,13H,4-5,7-8H2,1H3;1-11H;7H,2-6H2,1H3. The molecule has 0 radical (unpaired) electrons. The molecule has 4 aromatic heterocycles. The molecule has 0 bridgehead atoms. The topological polar surface area (TPSA) is 126 Å². The minimum atomic E-state index is -0.501. The van der Waals surface area contributed by atoms with Crippen LogP contribution in [0.3, 0.4) is 0 Å². The van der Waals surface area contributed by atoms with Crippen molar-refractivity contribution in [3.8, 4) is 28.3 Å². The van der Waals surface area contributed by atoms with Gasteiger partial charge in [-0.05, 0) is 68.0 Å². The number of amides is 1. The molecule has 0 spiro atoms. The van der Waals surface area contributed by atoms with Crippen molar-refractivity contribution >= 4 is 12.1 Å². The summed E-state index contributed by atoms with van der Waals surface area (Å²) in [6.07, 6.45) is 18.3. The maximum atomic E-state index is 12.5. The third kappa shape index (κ3) is 10.4. The van der Waals surface area contributed by atoms with E-state index in [0.717, 1.165) is 48.8 Å². The van der Waals surface area contributed by atoms with Gasteiger partial charge in [-0.3, -0.25) is 14.5 Å². The van der Waals surface area contributed by atoms with Crippen molar-refractivity contribution in [2.75, 3.05) is 33.5 Å². The minimum Gasteiger partial charge on any atom is -0.410 e. The van der Waals surface area contributed by atoms with E-state index in [-0.39, 0.29) is 12.1 Å². The number of imidazole rings is 2. The predicted octanol–water partition coefficient (Wildman–Crippen LogP) is 6.84. The fraction of sp³-hybridized carbons (Fsp3) is 0.351. The van der Waals surface area contributed by atoms with Crippen molar-refractivity contribution in [3.63, 3.8) is 0 Å². The first kappa shape index (κ1) is 35.1. The van der Waals surface area contributed by atoms with Crippen LogP contribution < -0.4 is 4.74 Å². The van der Waals surface area contributed by atoms with E-state index in [4.69, 9.17) is 14.2 Å². The van der Waals surface area contributed by atoms with Gasteiger partial charge in [-0.1, -0.05) is 31.5 Å². The van der Waals surface area contributed by atoms with Crippen LogP contribution in [0, 0.1) is 5.92 Å². The van der Waals surface area contributed by atoms with E-state index in [1.54, 1.807) is 72.7 Å². The van der Waals surface area contributed by atoms with Crippen molar-refractivity contribution in [3.05, 3.63) is 104 Å². The third-order valence-corrected chi connectivity index (χ3v) is 8.42. The highest BCUT2D eigenvalue weighted by atomic mass is 16.6. The Morgan fingerprint density at radius 3 is 1.86 bits per heavy atom. The number of carbonyl (C=O) groups is 2. The summed E-state index contributed by atoms with van der Waals surface area (Å²) >= 11 is 0. The molecule has 12 nitrogen and oxygen atoms in total. The summed E-state index contributed by atoms with van der Waals surface area (Å²) in [6, 6.07) is 16.5. The lowest BCUT2D eigenvalue weighted by Crippen LogP contribution is -2.42. The maximum absolute atomic E-state index is 12.5. The molecule has 256 valence electrons. The van der Waals surface area contributed by atoms with Crippen LogP contribution in [0.2, 0.25) is 0 Å². The first-order valence-corrected chi connectivity index (χ1v) is 16.6.